The molecule has 0 aliphatic carbocycles. The van der Waals surface area contributed by atoms with Crippen LogP contribution in [-0.2, 0) is 6.54 Å². The lowest BCUT2D eigenvalue weighted by Gasteiger charge is -2.04. The van der Waals surface area contributed by atoms with Gasteiger partial charge in [-0.05, 0) is 6.42 Å². The number of carbonyl (C=O) groups is 1. The summed E-state index contributed by atoms with van der Waals surface area (Å²) in [5.74, 6) is 0.368. The van der Waals surface area contributed by atoms with Crippen LogP contribution in [0.15, 0.2) is 29.2 Å². The summed E-state index contributed by atoms with van der Waals surface area (Å²) in [5, 5.41) is 9.46. The summed E-state index contributed by atoms with van der Waals surface area (Å²) >= 11 is 0. The van der Waals surface area contributed by atoms with E-state index >= 15 is 0 Å². The summed E-state index contributed by atoms with van der Waals surface area (Å²) in [5.41, 5.74) is 0.924. The van der Waals surface area contributed by atoms with E-state index in [1.807, 2.05) is 0 Å². The van der Waals surface area contributed by atoms with Crippen molar-refractivity contribution in [1.82, 2.24) is 20.4 Å². The first-order valence-corrected chi connectivity index (χ1v) is 6.03. The van der Waals surface area contributed by atoms with E-state index in [1.54, 1.807) is 12.3 Å². The van der Waals surface area contributed by atoms with Gasteiger partial charge in [0.25, 0.3) is 5.91 Å². The van der Waals surface area contributed by atoms with E-state index in [2.05, 4.69) is 37.2 Å². The first kappa shape index (κ1) is 13.0. The molecule has 0 saturated heterocycles. The van der Waals surface area contributed by atoms with Gasteiger partial charge in [-0.3, -0.25) is 4.79 Å². The van der Waals surface area contributed by atoms with Gasteiger partial charge < -0.3 is 15.2 Å². The smallest absolute Gasteiger partial charge is 0.271 e. The fraction of sp³-hybridized carbons (Fsp3) is 0.333. The highest BCUT2D eigenvalue weighted by Gasteiger charge is 2.08. The fourth-order valence-electron chi connectivity index (χ4n) is 1.38. The van der Waals surface area contributed by atoms with Crippen molar-refractivity contribution in [1.29, 1.82) is 0 Å². The predicted octanol–water partition coefficient (Wildman–Crippen LogP) is 1.22. The molecule has 0 atom stereocenters. The third-order valence-corrected chi connectivity index (χ3v) is 2.36. The van der Waals surface area contributed by atoms with Gasteiger partial charge in [0.2, 0.25) is 0 Å². The van der Waals surface area contributed by atoms with E-state index in [4.69, 9.17) is 0 Å². The van der Waals surface area contributed by atoms with Crippen molar-refractivity contribution in [2.45, 2.75) is 19.9 Å². The summed E-state index contributed by atoms with van der Waals surface area (Å²) in [6.07, 6.45) is 5.44. The molecule has 0 aliphatic heterocycles. The normalized spacial score (nSPS) is 10.2. The van der Waals surface area contributed by atoms with Crippen LogP contribution in [0.4, 0.5) is 5.82 Å². The Labute approximate surface area is 110 Å². The predicted molar refractivity (Wildman–Crippen MR) is 68.5 cm³/mol. The van der Waals surface area contributed by atoms with Crippen molar-refractivity contribution in [3.05, 3.63) is 36.1 Å². The maximum absolute atomic E-state index is 11.8. The minimum atomic E-state index is -0.294. The second-order valence-electron chi connectivity index (χ2n) is 3.89. The van der Waals surface area contributed by atoms with Crippen LogP contribution in [-0.4, -0.2) is 27.6 Å². The third kappa shape index (κ3) is 3.77. The Morgan fingerprint density at radius 2 is 2.26 bits per heavy atom. The standard InChI is InChI=1S/C12H15N5O2/c1-2-4-13-11-8-14-10(7-15-11)12(18)16-6-9-3-5-19-17-9/h3,5,7-8H,2,4,6H2,1H3,(H,13,15)(H,16,18). The van der Waals surface area contributed by atoms with Gasteiger partial charge in [-0.15, -0.1) is 0 Å². The van der Waals surface area contributed by atoms with Gasteiger partial charge in [-0.1, -0.05) is 12.1 Å². The summed E-state index contributed by atoms with van der Waals surface area (Å²) in [6.45, 7) is 3.19. The van der Waals surface area contributed by atoms with E-state index in [0.717, 1.165) is 13.0 Å². The molecule has 19 heavy (non-hydrogen) atoms. The topological polar surface area (TPSA) is 92.9 Å². The molecule has 0 unspecified atom stereocenters. The molecule has 1 amide bonds. The number of nitrogens with zero attached hydrogens (tertiary/aromatic N) is 3. The van der Waals surface area contributed by atoms with E-state index in [9.17, 15) is 4.79 Å². The Bertz CT molecular complexity index is 509. The van der Waals surface area contributed by atoms with Crippen molar-refractivity contribution in [3.63, 3.8) is 0 Å². The molecular weight excluding hydrogens is 246 g/mol. The van der Waals surface area contributed by atoms with Gasteiger partial charge >= 0.3 is 0 Å². The number of hydrogen-bond donors (Lipinski definition) is 2. The molecule has 2 heterocycles. The molecule has 0 saturated carbocycles. The first-order valence-electron chi connectivity index (χ1n) is 6.03. The summed E-state index contributed by atoms with van der Waals surface area (Å²) in [7, 11) is 0. The van der Waals surface area contributed by atoms with E-state index in [1.165, 1.54) is 12.5 Å². The van der Waals surface area contributed by atoms with E-state index < -0.39 is 0 Å². The van der Waals surface area contributed by atoms with Gasteiger partial charge in [0.1, 0.15) is 23.5 Å². The molecule has 0 fully saturated rings. The highest BCUT2D eigenvalue weighted by molar-refractivity contribution is 5.91. The zero-order valence-corrected chi connectivity index (χ0v) is 10.6. The van der Waals surface area contributed by atoms with Gasteiger partial charge in [0, 0.05) is 12.6 Å². The molecular formula is C12H15N5O2. The Morgan fingerprint density at radius 3 is 2.89 bits per heavy atom. The van der Waals surface area contributed by atoms with Crippen molar-refractivity contribution >= 4 is 11.7 Å². The number of amides is 1. The van der Waals surface area contributed by atoms with Crippen molar-refractivity contribution in [2.24, 2.45) is 0 Å². The van der Waals surface area contributed by atoms with Gasteiger partial charge in [-0.2, -0.15) is 0 Å². The highest BCUT2D eigenvalue weighted by Crippen LogP contribution is 2.01. The van der Waals surface area contributed by atoms with Crippen LogP contribution in [0.3, 0.4) is 0 Å². The van der Waals surface area contributed by atoms with Crippen LogP contribution in [0.1, 0.15) is 29.5 Å². The maximum Gasteiger partial charge on any atom is 0.271 e. The Kier molecular flexibility index (Phi) is 4.44. The summed E-state index contributed by atoms with van der Waals surface area (Å²) in [4.78, 5) is 19.9. The third-order valence-electron chi connectivity index (χ3n) is 2.36. The number of anilines is 1. The summed E-state index contributed by atoms with van der Waals surface area (Å²) in [6, 6.07) is 1.68. The van der Waals surface area contributed by atoms with E-state index in [0.29, 0.717) is 18.1 Å². The Hall–Kier alpha value is -2.44. The molecule has 0 aromatic carbocycles. The van der Waals surface area contributed by atoms with Crippen LogP contribution in [0.2, 0.25) is 0 Å². The van der Waals surface area contributed by atoms with Gasteiger partial charge in [0.15, 0.2) is 0 Å². The zero-order valence-electron chi connectivity index (χ0n) is 10.6. The second kappa shape index (κ2) is 6.48. The first-order chi connectivity index (χ1) is 9.29. The molecule has 100 valence electrons. The maximum atomic E-state index is 11.8. The van der Waals surface area contributed by atoms with Gasteiger partial charge in [-0.25, -0.2) is 9.97 Å². The monoisotopic (exact) mass is 261 g/mol. The number of rotatable bonds is 6. The second-order valence-corrected chi connectivity index (χ2v) is 3.89. The van der Waals surface area contributed by atoms with Crippen LogP contribution in [0.5, 0.6) is 0 Å². The average Bonchev–Trinajstić information content (AvgIpc) is 2.96. The lowest BCUT2D eigenvalue weighted by molar-refractivity contribution is 0.0944. The minimum absolute atomic E-state index is 0.269. The molecule has 0 aliphatic rings. The minimum Gasteiger partial charge on any atom is -0.369 e. The SMILES string of the molecule is CCCNc1cnc(C(=O)NCc2ccon2)cn1. The molecule has 7 nitrogen and oxygen atoms in total. The molecule has 2 rings (SSSR count). The van der Waals surface area contributed by atoms with Gasteiger partial charge in [0.05, 0.1) is 18.9 Å². The highest BCUT2D eigenvalue weighted by atomic mass is 16.5. The molecule has 7 heteroatoms. The molecule has 2 aromatic heterocycles. The quantitative estimate of drug-likeness (QED) is 0.812. The average molecular weight is 261 g/mol. The molecule has 0 radical (unpaired) electrons. The largest absolute Gasteiger partial charge is 0.369 e. The van der Waals surface area contributed by atoms with Crippen LogP contribution in [0.25, 0.3) is 0 Å². The molecule has 0 spiro atoms. The number of carbonyl (C=O) groups excluding carboxylic acids is 1. The summed E-state index contributed by atoms with van der Waals surface area (Å²) < 4.78 is 4.67. The zero-order chi connectivity index (χ0) is 13.5. The number of aromatic nitrogens is 3. The van der Waals surface area contributed by atoms with E-state index in [-0.39, 0.29) is 11.6 Å². The van der Waals surface area contributed by atoms with Crippen LogP contribution < -0.4 is 10.6 Å². The lowest BCUT2D eigenvalue weighted by Crippen LogP contribution is -2.24. The molecule has 2 N–H and O–H groups in total. The Balaban J connectivity index is 1.88. The van der Waals surface area contributed by atoms with Crippen LogP contribution >= 0.6 is 0 Å². The van der Waals surface area contributed by atoms with Crippen molar-refractivity contribution in [3.8, 4) is 0 Å². The number of hydrogen-bond acceptors (Lipinski definition) is 6. The molecule has 2 aromatic rings. The van der Waals surface area contributed by atoms with Crippen molar-refractivity contribution in [2.75, 3.05) is 11.9 Å². The fourth-order valence-corrected chi connectivity index (χ4v) is 1.38. The lowest BCUT2D eigenvalue weighted by atomic mass is 10.4. The van der Waals surface area contributed by atoms with Crippen LogP contribution in [0, 0.1) is 0 Å². The molecule has 0 bridgehead atoms. The van der Waals surface area contributed by atoms with Crippen molar-refractivity contribution < 1.29 is 9.32 Å². The Morgan fingerprint density at radius 1 is 1.37 bits per heavy atom. The number of nitrogens with one attached hydrogen (secondary N) is 2.